The molecule has 0 N–H and O–H groups in total. The van der Waals surface area contributed by atoms with Gasteiger partial charge in [-0.05, 0) is 41.1 Å². The van der Waals surface area contributed by atoms with Gasteiger partial charge in [0, 0.05) is 11.1 Å². The Hall–Kier alpha value is -1.72. The number of methoxy groups -OCH3 is 1. The number of ether oxygens (including phenoxy) is 3. The zero-order valence-electron chi connectivity index (χ0n) is 12.8. The molecule has 4 nitrogen and oxygen atoms in total. The SMILES string of the molecule is CCOc1cc(C=O)cc(Br)c1OCc1cccc(OC)c1Cl. The number of carbonyl (C=O) groups is 1. The molecule has 0 fully saturated rings. The quantitative estimate of drug-likeness (QED) is 0.621. The first-order valence-electron chi connectivity index (χ1n) is 6.96. The lowest BCUT2D eigenvalue weighted by Gasteiger charge is -2.15. The number of aldehydes is 1. The van der Waals surface area contributed by atoms with Crippen molar-refractivity contribution in [1.29, 1.82) is 0 Å². The highest BCUT2D eigenvalue weighted by atomic mass is 79.9. The second-order valence-electron chi connectivity index (χ2n) is 4.60. The van der Waals surface area contributed by atoms with Gasteiger partial charge in [0.05, 0.1) is 23.2 Å². The van der Waals surface area contributed by atoms with Gasteiger partial charge < -0.3 is 14.2 Å². The minimum absolute atomic E-state index is 0.245. The largest absolute Gasteiger partial charge is 0.495 e. The van der Waals surface area contributed by atoms with Gasteiger partial charge in [0.1, 0.15) is 18.6 Å². The summed E-state index contributed by atoms with van der Waals surface area (Å²) < 4.78 is 17.2. The van der Waals surface area contributed by atoms with Crippen molar-refractivity contribution in [3.63, 3.8) is 0 Å². The number of carbonyl (C=O) groups excluding carboxylic acids is 1. The smallest absolute Gasteiger partial charge is 0.175 e. The molecular formula is C17H16BrClO4. The standard InChI is InChI=1S/C17H16BrClO4/c1-3-22-15-8-11(9-20)7-13(18)17(15)23-10-12-5-4-6-14(21-2)16(12)19/h4-9H,3,10H2,1-2H3. The summed E-state index contributed by atoms with van der Waals surface area (Å²) >= 11 is 9.68. The lowest BCUT2D eigenvalue weighted by molar-refractivity contribution is 0.112. The predicted octanol–water partition coefficient (Wildman–Crippen LogP) is 4.90. The van der Waals surface area contributed by atoms with E-state index in [1.165, 1.54) is 0 Å². The molecule has 0 bridgehead atoms. The van der Waals surface area contributed by atoms with Gasteiger partial charge in [-0.2, -0.15) is 0 Å². The van der Waals surface area contributed by atoms with E-state index in [0.29, 0.717) is 38.9 Å². The summed E-state index contributed by atoms with van der Waals surface area (Å²) in [5.74, 6) is 1.62. The molecule has 0 aliphatic carbocycles. The maximum atomic E-state index is 11.0. The molecule has 2 rings (SSSR count). The molecule has 0 aromatic heterocycles. The van der Waals surface area contributed by atoms with Crippen molar-refractivity contribution >= 4 is 33.8 Å². The third-order valence-electron chi connectivity index (χ3n) is 3.10. The average Bonchev–Trinajstić information content (AvgIpc) is 2.55. The summed E-state index contributed by atoms with van der Waals surface area (Å²) in [7, 11) is 1.56. The third-order valence-corrected chi connectivity index (χ3v) is 4.12. The van der Waals surface area contributed by atoms with E-state index in [4.69, 9.17) is 25.8 Å². The normalized spacial score (nSPS) is 10.3. The molecule has 23 heavy (non-hydrogen) atoms. The monoisotopic (exact) mass is 398 g/mol. The molecule has 0 atom stereocenters. The van der Waals surface area contributed by atoms with E-state index in [0.717, 1.165) is 11.8 Å². The van der Waals surface area contributed by atoms with Gasteiger partial charge in [0.25, 0.3) is 0 Å². The third kappa shape index (κ3) is 4.18. The molecule has 6 heteroatoms. The topological polar surface area (TPSA) is 44.8 Å². The Labute approximate surface area is 148 Å². The number of benzene rings is 2. The van der Waals surface area contributed by atoms with Crippen LogP contribution in [0.15, 0.2) is 34.8 Å². The van der Waals surface area contributed by atoms with Crippen LogP contribution < -0.4 is 14.2 Å². The van der Waals surface area contributed by atoms with Crippen LogP contribution in [0.3, 0.4) is 0 Å². The van der Waals surface area contributed by atoms with E-state index in [2.05, 4.69) is 15.9 Å². The summed E-state index contributed by atoms with van der Waals surface area (Å²) in [5, 5.41) is 0.508. The second-order valence-corrected chi connectivity index (χ2v) is 5.84. The maximum Gasteiger partial charge on any atom is 0.175 e. The van der Waals surface area contributed by atoms with Gasteiger partial charge in [-0.15, -0.1) is 0 Å². The van der Waals surface area contributed by atoms with Gasteiger partial charge in [-0.25, -0.2) is 0 Å². The van der Waals surface area contributed by atoms with Crippen molar-refractivity contribution in [3.8, 4) is 17.2 Å². The molecule has 2 aromatic rings. The van der Waals surface area contributed by atoms with Crippen LogP contribution >= 0.6 is 27.5 Å². The zero-order chi connectivity index (χ0) is 16.8. The van der Waals surface area contributed by atoms with Gasteiger partial charge in [-0.1, -0.05) is 23.7 Å². The zero-order valence-corrected chi connectivity index (χ0v) is 15.1. The molecule has 0 aliphatic rings. The van der Waals surface area contributed by atoms with Crippen molar-refractivity contribution in [2.24, 2.45) is 0 Å². The average molecular weight is 400 g/mol. The summed E-state index contributed by atoms with van der Waals surface area (Å²) in [6.45, 7) is 2.57. The van der Waals surface area contributed by atoms with Crippen LogP contribution in [0.4, 0.5) is 0 Å². The van der Waals surface area contributed by atoms with Crippen molar-refractivity contribution in [2.75, 3.05) is 13.7 Å². The highest BCUT2D eigenvalue weighted by Gasteiger charge is 2.14. The van der Waals surface area contributed by atoms with E-state index < -0.39 is 0 Å². The Morgan fingerprint density at radius 1 is 1.22 bits per heavy atom. The van der Waals surface area contributed by atoms with Crippen LogP contribution in [0.25, 0.3) is 0 Å². The second kappa shape index (κ2) is 8.22. The van der Waals surface area contributed by atoms with Crippen LogP contribution in [0.5, 0.6) is 17.2 Å². The van der Waals surface area contributed by atoms with Gasteiger partial charge in [-0.3, -0.25) is 4.79 Å². The van der Waals surface area contributed by atoms with E-state index in [1.54, 1.807) is 25.3 Å². The Kier molecular flexibility index (Phi) is 6.30. The van der Waals surface area contributed by atoms with Crippen molar-refractivity contribution in [3.05, 3.63) is 51.0 Å². The van der Waals surface area contributed by atoms with Crippen LogP contribution in [0, 0.1) is 0 Å². The van der Waals surface area contributed by atoms with Gasteiger partial charge in [0.2, 0.25) is 0 Å². The molecule has 0 saturated heterocycles. The predicted molar refractivity (Wildman–Crippen MR) is 93.0 cm³/mol. The fourth-order valence-electron chi connectivity index (χ4n) is 2.03. The Balaban J connectivity index is 2.28. The summed E-state index contributed by atoms with van der Waals surface area (Å²) in [6, 6.07) is 8.81. The fraction of sp³-hybridized carbons (Fsp3) is 0.235. The van der Waals surface area contributed by atoms with Crippen LogP contribution in [-0.4, -0.2) is 20.0 Å². The number of halogens is 2. The van der Waals surface area contributed by atoms with Crippen LogP contribution in [0.1, 0.15) is 22.8 Å². The number of rotatable bonds is 7. The first-order chi connectivity index (χ1) is 11.1. The lowest BCUT2D eigenvalue weighted by atomic mass is 10.2. The molecule has 0 heterocycles. The molecule has 0 unspecified atom stereocenters. The maximum absolute atomic E-state index is 11.0. The van der Waals surface area contributed by atoms with Gasteiger partial charge >= 0.3 is 0 Å². The van der Waals surface area contributed by atoms with Gasteiger partial charge in [0.15, 0.2) is 11.5 Å². The van der Waals surface area contributed by atoms with Crippen LogP contribution in [-0.2, 0) is 6.61 Å². The van der Waals surface area contributed by atoms with E-state index in [-0.39, 0.29) is 6.61 Å². The van der Waals surface area contributed by atoms with Crippen LogP contribution in [0.2, 0.25) is 5.02 Å². The molecule has 0 spiro atoms. The minimum Gasteiger partial charge on any atom is -0.495 e. The molecule has 122 valence electrons. The number of hydrogen-bond donors (Lipinski definition) is 0. The first-order valence-corrected chi connectivity index (χ1v) is 8.13. The van der Waals surface area contributed by atoms with Crippen molar-refractivity contribution in [1.82, 2.24) is 0 Å². The molecular weight excluding hydrogens is 384 g/mol. The molecule has 0 aliphatic heterocycles. The van der Waals surface area contributed by atoms with E-state index >= 15 is 0 Å². The summed E-state index contributed by atoms with van der Waals surface area (Å²) in [5.41, 5.74) is 1.30. The van der Waals surface area contributed by atoms with Crippen molar-refractivity contribution < 1.29 is 19.0 Å². The van der Waals surface area contributed by atoms with E-state index in [9.17, 15) is 4.79 Å². The Morgan fingerprint density at radius 2 is 2.00 bits per heavy atom. The minimum atomic E-state index is 0.245. The molecule has 2 aromatic carbocycles. The Morgan fingerprint density at radius 3 is 2.65 bits per heavy atom. The lowest BCUT2D eigenvalue weighted by Crippen LogP contribution is -2.02. The van der Waals surface area contributed by atoms with Crippen molar-refractivity contribution in [2.45, 2.75) is 13.5 Å². The molecule has 0 saturated carbocycles. The summed E-state index contributed by atoms with van der Waals surface area (Å²) in [4.78, 5) is 11.0. The number of hydrogen-bond acceptors (Lipinski definition) is 4. The van der Waals surface area contributed by atoms with E-state index in [1.807, 2.05) is 19.1 Å². The molecule has 0 amide bonds. The fourth-order valence-corrected chi connectivity index (χ4v) is 2.87. The summed E-state index contributed by atoms with van der Waals surface area (Å²) in [6.07, 6.45) is 0.760. The molecule has 0 radical (unpaired) electrons. The Bertz CT molecular complexity index is 703. The highest BCUT2D eigenvalue weighted by Crippen LogP contribution is 2.38. The highest BCUT2D eigenvalue weighted by molar-refractivity contribution is 9.10. The first kappa shape index (κ1) is 17.6.